The quantitative estimate of drug-likeness (QED) is 0.709. The van der Waals surface area contributed by atoms with Crippen molar-refractivity contribution >= 4 is 21.8 Å². The number of carbonyl (C=O) groups excluding carboxylic acids is 1. The third-order valence-corrected chi connectivity index (χ3v) is 3.26. The zero-order valence-electron chi connectivity index (χ0n) is 11.7. The van der Waals surface area contributed by atoms with Crippen molar-refractivity contribution in [2.24, 2.45) is 0 Å². The molecule has 112 valence electrons. The second kappa shape index (κ2) is 8.81. The van der Waals surface area contributed by atoms with Gasteiger partial charge in [-0.05, 0) is 40.0 Å². The van der Waals surface area contributed by atoms with Crippen LogP contribution in [-0.2, 0) is 11.4 Å². The number of benzene rings is 1. The van der Waals surface area contributed by atoms with Gasteiger partial charge in [0.25, 0.3) is 5.91 Å². The van der Waals surface area contributed by atoms with Crippen LogP contribution in [0, 0.1) is 0 Å². The Balaban J connectivity index is 2.65. The summed E-state index contributed by atoms with van der Waals surface area (Å²) in [5.74, 6) is 0.763. The van der Waals surface area contributed by atoms with Crippen LogP contribution in [0.4, 0.5) is 0 Å². The van der Waals surface area contributed by atoms with Crippen LogP contribution in [0.2, 0.25) is 0 Å². The highest BCUT2D eigenvalue weighted by atomic mass is 79.9. The summed E-state index contributed by atoms with van der Waals surface area (Å²) in [4.78, 5) is 11.6. The summed E-state index contributed by atoms with van der Waals surface area (Å²) < 4.78 is 11.3. The summed E-state index contributed by atoms with van der Waals surface area (Å²) in [6.45, 7) is 2.55. The maximum Gasteiger partial charge on any atom is 0.257 e. The van der Waals surface area contributed by atoms with Gasteiger partial charge in [0.1, 0.15) is 0 Å². The number of aliphatic hydroxyl groups excluding tert-OH is 1. The molecular formula is C14H20BrNO4. The van der Waals surface area contributed by atoms with Gasteiger partial charge < -0.3 is 19.9 Å². The minimum Gasteiger partial charge on any atom is -0.493 e. The monoisotopic (exact) mass is 345 g/mol. The maximum absolute atomic E-state index is 11.6. The number of unbranched alkanes of at least 4 members (excludes halogenated alkanes) is 1. The van der Waals surface area contributed by atoms with Crippen LogP contribution in [0.25, 0.3) is 0 Å². The van der Waals surface area contributed by atoms with Crippen LogP contribution in [0.1, 0.15) is 25.3 Å². The fraction of sp³-hybridized carbons (Fsp3) is 0.500. The van der Waals surface area contributed by atoms with E-state index in [1.54, 1.807) is 12.1 Å². The predicted octanol–water partition coefficient (Wildman–Crippen LogP) is 2.25. The van der Waals surface area contributed by atoms with E-state index in [9.17, 15) is 4.79 Å². The topological polar surface area (TPSA) is 67.8 Å². The smallest absolute Gasteiger partial charge is 0.257 e. The lowest BCUT2D eigenvalue weighted by Crippen LogP contribution is -2.29. The highest BCUT2D eigenvalue weighted by molar-refractivity contribution is 9.10. The fourth-order valence-electron chi connectivity index (χ4n) is 1.60. The molecule has 0 aliphatic carbocycles. The lowest BCUT2D eigenvalue weighted by atomic mass is 10.2. The van der Waals surface area contributed by atoms with E-state index in [-0.39, 0.29) is 19.1 Å². The van der Waals surface area contributed by atoms with E-state index >= 15 is 0 Å². The lowest BCUT2D eigenvalue weighted by Gasteiger charge is -2.13. The molecule has 20 heavy (non-hydrogen) atoms. The van der Waals surface area contributed by atoms with Crippen molar-refractivity contribution in [3.63, 3.8) is 0 Å². The molecule has 0 aliphatic heterocycles. The summed E-state index contributed by atoms with van der Waals surface area (Å²) in [6, 6.07) is 3.40. The molecule has 0 atom stereocenters. The Labute approximate surface area is 127 Å². The molecule has 1 aromatic carbocycles. The van der Waals surface area contributed by atoms with Gasteiger partial charge in [-0.1, -0.05) is 13.3 Å². The SMILES string of the molecule is CCCCNC(=O)COc1c(Br)cc(CO)cc1OC. The van der Waals surface area contributed by atoms with Crippen LogP contribution < -0.4 is 14.8 Å². The standard InChI is InChI=1S/C14H20BrNO4/c1-3-4-5-16-13(18)9-20-14-11(15)6-10(8-17)7-12(14)19-2/h6-7,17H,3-5,8-9H2,1-2H3,(H,16,18). The first-order chi connectivity index (χ1) is 9.62. The molecule has 0 aliphatic rings. The van der Waals surface area contributed by atoms with Gasteiger partial charge in [0.15, 0.2) is 18.1 Å². The lowest BCUT2D eigenvalue weighted by molar-refractivity contribution is -0.123. The first-order valence-electron chi connectivity index (χ1n) is 6.49. The fourth-order valence-corrected chi connectivity index (χ4v) is 2.20. The van der Waals surface area contributed by atoms with E-state index < -0.39 is 0 Å². The maximum atomic E-state index is 11.6. The molecular weight excluding hydrogens is 326 g/mol. The van der Waals surface area contributed by atoms with Gasteiger partial charge in [-0.3, -0.25) is 4.79 Å². The van der Waals surface area contributed by atoms with Crippen LogP contribution >= 0.6 is 15.9 Å². The third kappa shape index (κ3) is 5.02. The number of halogens is 1. The van der Waals surface area contributed by atoms with E-state index in [0.717, 1.165) is 12.8 Å². The van der Waals surface area contributed by atoms with E-state index in [4.69, 9.17) is 14.6 Å². The third-order valence-electron chi connectivity index (χ3n) is 2.67. The number of amides is 1. The highest BCUT2D eigenvalue weighted by Crippen LogP contribution is 2.36. The largest absolute Gasteiger partial charge is 0.493 e. The molecule has 1 amide bonds. The zero-order chi connectivity index (χ0) is 15.0. The Kier molecular flexibility index (Phi) is 7.40. The van der Waals surface area contributed by atoms with Crippen LogP contribution in [0.15, 0.2) is 16.6 Å². The predicted molar refractivity (Wildman–Crippen MR) is 80.0 cm³/mol. The normalized spacial score (nSPS) is 10.2. The van der Waals surface area contributed by atoms with Gasteiger partial charge in [0.05, 0.1) is 18.2 Å². The summed E-state index contributed by atoms with van der Waals surface area (Å²) in [7, 11) is 1.51. The molecule has 0 saturated carbocycles. The average molecular weight is 346 g/mol. The molecule has 5 nitrogen and oxygen atoms in total. The van der Waals surface area contributed by atoms with Gasteiger partial charge in [-0.15, -0.1) is 0 Å². The van der Waals surface area contributed by atoms with Crippen molar-refractivity contribution in [1.82, 2.24) is 5.32 Å². The molecule has 0 aromatic heterocycles. The second-order valence-electron chi connectivity index (χ2n) is 4.26. The Morgan fingerprint density at radius 2 is 2.20 bits per heavy atom. The number of rotatable bonds is 8. The number of aliphatic hydroxyl groups is 1. The van der Waals surface area contributed by atoms with Crippen molar-refractivity contribution in [3.8, 4) is 11.5 Å². The first-order valence-corrected chi connectivity index (χ1v) is 7.28. The van der Waals surface area contributed by atoms with Gasteiger partial charge >= 0.3 is 0 Å². The van der Waals surface area contributed by atoms with Gasteiger partial charge in [0.2, 0.25) is 0 Å². The van der Waals surface area contributed by atoms with Crippen LogP contribution in [-0.4, -0.2) is 31.3 Å². The Morgan fingerprint density at radius 3 is 2.80 bits per heavy atom. The molecule has 0 radical (unpaired) electrons. The Bertz CT molecular complexity index is 451. The Hall–Kier alpha value is -1.27. The van der Waals surface area contributed by atoms with E-state index in [1.807, 2.05) is 0 Å². The molecule has 2 N–H and O–H groups in total. The van der Waals surface area contributed by atoms with Crippen LogP contribution in [0.3, 0.4) is 0 Å². The molecule has 0 saturated heterocycles. The highest BCUT2D eigenvalue weighted by Gasteiger charge is 2.13. The number of hydrogen-bond donors (Lipinski definition) is 2. The molecule has 1 aromatic rings. The summed E-state index contributed by atoms with van der Waals surface area (Å²) in [6.07, 6.45) is 1.98. The van der Waals surface area contributed by atoms with Crippen molar-refractivity contribution in [2.45, 2.75) is 26.4 Å². The van der Waals surface area contributed by atoms with E-state index in [2.05, 4.69) is 28.2 Å². The van der Waals surface area contributed by atoms with Gasteiger partial charge in [-0.2, -0.15) is 0 Å². The summed E-state index contributed by atoms with van der Waals surface area (Å²) in [5.41, 5.74) is 0.702. The number of methoxy groups -OCH3 is 1. The molecule has 0 unspecified atom stereocenters. The van der Waals surface area contributed by atoms with Crippen molar-refractivity contribution in [2.75, 3.05) is 20.3 Å². The minimum absolute atomic E-state index is 0.0723. The van der Waals surface area contributed by atoms with Gasteiger partial charge in [-0.25, -0.2) is 0 Å². The Morgan fingerprint density at radius 1 is 1.45 bits per heavy atom. The summed E-state index contributed by atoms with van der Waals surface area (Å²) >= 11 is 3.35. The van der Waals surface area contributed by atoms with Gasteiger partial charge in [0, 0.05) is 6.54 Å². The number of carbonyl (C=O) groups is 1. The molecule has 0 spiro atoms. The van der Waals surface area contributed by atoms with E-state index in [0.29, 0.717) is 28.1 Å². The first kappa shape index (κ1) is 16.8. The molecule has 1 rings (SSSR count). The minimum atomic E-state index is -0.168. The molecule has 0 bridgehead atoms. The van der Waals surface area contributed by atoms with Crippen molar-refractivity contribution < 1.29 is 19.4 Å². The van der Waals surface area contributed by atoms with Crippen molar-refractivity contribution in [1.29, 1.82) is 0 Å². The molecule has 0 heterocycles. The number of ether oxygens (including phenoxy) is 2. The molecule has 6 heteroatoms. The second-order valence-corrected chi connectivity index (χ2v) is 5.11. The van der Waals surface area contributed by atoms with Crippen molar-refractivity contribution in [3.05, 3.63) is 22.2 Å². The average Bonchev–Trinajstić information content (AvgIpc) is 2.45. The molecule has 0 fully saturated rings. The number of nitrogens with one attached hydrogen (secondary N) is 1. The zero-order valence-corrected chi connectivity index (χ0v) is 13.3. The van der Waals surface area contributed by atoms with Crippen LogP contribution in [0.5, 0.6) is 11.5 Å². The van der Waals surface area contributed by atoms with E-state index in [1.165, 1.54) is 7.11 Å². The summed E-state index contributed by atoms with van der Waals surface area (Å²) in [5, 5.41) is 11.9. The number of hydrogen-bond acceptors (Lipinski definition) is 4.